The molecule has 0 spiro atoms. The van der Waals surface area contributed by atoms with Gasteiger partial charge in [-0.2, -0.15) is 0 Å². The molecule has 0 saturated carbocycles. The van der Waals surface area contributed by atoms with Crippen LogP contribution in [-0.4, -0.2) is 54.3 Å². The topological polar surface area (TPSA) is 52.7 Å². The number of carbonyl (C=O) groups is 2. The van der Waals surface area contributed by atoms with Gasteiger partial charge in [0.2, 0.25) is 5.91 Å². The number of rotatable bonds is 4. The second-order valence-electron chi connectivity index (χ2n) is 7.70. The average Bonchev–Trinajstić information content (AvgIpc) is 2.96. The highest BCUT2D eigenvalue weighted by Crippen LogP contribution is 2.19. The van der Waals surface area contributed by atoms with E-state index in [-0.39, 0.29) is 11.8 Å². The Labute approximate surface area is 156 Å². The van der Waals surface area contributed by atoms with Gasteiger partial charge in [0.25, 0.3) is 5.91 Å². The third kappa shape index (κ3) is 4.99. The van der Waals surface area contributed by atoms with Crippen LogP contribution in [0.25, 0.3) is 0 Å². The Balaban J connectivity index is 1.49. The monoisotopic (exact) mass is 357 g/mol. The lowest BCUT2D eigenvalue weighted by Crippen LogP contribution is -2.37. The quantitative estimate of drug-likeness (QED) is 0.899. The van der Waals surface area contributed by atoms with E-state index in [1.165, 1.54) is 12.8 Å². The zero-order chi connectivity index (χ0) is 18.4. The summed E-state index contributed by atoms with van der Waals surface area (Å²) in [5.74, 6) is 0.992. The van der Waals surface area contributed by atoms with Crippen LogP contribution < -0.4 is 5.32 Å². The predicted octanol–water partition coefficient (Wildman–Crippen LogP) is 3.37. The van der Waals surface area contributed by atoms with Crippen LogP contribution in [0.15, 0.2) is 24.3 Å². The minimum absolute atomic E-state index is 0.115. The zero-order valence-electron chi connectivity index (χ0n) is 15.9. The molecule has 5 heteroatoms. The summed E-state index contributed by atoms with van der Waals surface area (Å²) >= 11 is 0. The van der Waals surface area contributed by atoms with E-state index in [1.807, 2.05) is 34.1 Å². The minimum Gasteiger partial charge on any atom is -0.376 e. The highest BCUT2D eigenvalue weighted by Gasteiger charge is 2.21. The predicted molar refractivity (Wildman–Crippen MR) is 104 cm³/mol. The Morgan fingerprint density at radius 1 is 0.923 bits per heavy atom. The van der Waals surface area contributed by atoms with Gasteiger partial charge in [-0.15, -0.1) is 0 Å². The Bertz CT molecular complexity index is 598. The van der Waals surface area contributed by atoms with E-state index in [0.717, 1.165) is 63.1 Å². The maximum absolute atomic E-state index is 12.6. The Kier molecular flexibility index (Phi) is 6.53. The van der Waals surface area contributed by atoms with Gasteiger partial charge >= 0.3 is 0 Å². The van der Waals surface area contributed by atoms with Gasteiger partial charge in [0.15, 0.2) is 0 Å². The SMILES string of the molecule is CC1CCN(C(=O)c2ccc(NCC(=O)N3CCCCCC3)cc2)CC1. The molecule has 0 unspecified atom stereocenters. The van der Waals surface area contributed by atoms with Gasteiger partial charge in [-0.05, 0) is 55.9 Å². The van der Waals surface area contributed by atoms with Crippen molar-refractivity contribution in [3.8, 4) is 0 Å². The molecule has 2 fully saturated rings. The van der Waals surface area contributed by atoms with Crippen molar-refractivity contribution in [2.75, 3.05) is 38.0 Å². The molecule has 2 amide bonds. The smallest absolute Gasteiger partial charge is 0.253 e. The molecule has 142 valence electrons. The van der Waals surface area contributed by atoms with Gasteiger partial charge in [0.1, 0.15) is 0 Å². The van der Waals surface area contributed by atoms with Crippen LogP contribution in [0, 0.1) is 5.92 Å². The summed E-state index contributed by atoms with van der Waals surface area (Å²) in [5, 5.41) is 3.20. The molecule has 2 aliphatic rings. The molecule has 1 N–H and O–H groups in total. The third-order valence-corrected chi connectivity index (χ3v) is 5.61. The van der Waals surface area contributed by atoms with Crippen LogP contribution in [0.1, 0.15) is 55.8 Å². The second kappa shape index (κ2) is 9.06. The Morgan fingerprint density at radius 2 is 1.54 bits per heavy atom. The molecule has 2 heterocycles. The van der Waals surface area contributed by atoms with E-state index in [4.69, 9.17) is 0 Å². The largest absolute Gasteiger partial charge is 0.376 e. The number of carbonyl (C=O) groups excluding carboxylic acids is 2. The van der Waals surface area contributed by atoms with E-state index in [9.17, 15) is 9.59 Å². The van der Waals surface area contributed by atoms with E-state index in [2.05, 4.69) is 12.2 Å². The van der Waals surface area contributed by atoms with Crippen molar-refractivity contribution in [2.45, 2.75) is 45.4 Å². The summed E-state index contributed by atoms with van der Waals surface area (Å²) < 4.78 is 0. The van der Waals surface area contributed by atoms with Crippen molar-refractivity contribution >= 4 is 17.5 Å². The van der Waals surface area contributed by atoms with E-state index < -0.39 is 0 Å². The number of nitrogens with zero attached hydrogens (tertiary/aromatic N) is 2. The zero-order valence-corrected chi connectivity index (χ0v) is 15.9. The molecule has 1 aromatic rings. The van der Waals surface area contributed by atoms with Gasteiger partial charge in [-0.25, -0.2) is 0 Å². The fourth-order valence-corrected chi connectivity index (χ4v) is 3.73. The molecule has 2 aliphatic heterocycles. The molecular weight excluding hydrogens is 326 g/mol. The number of hydrogen-bond acceptors (Lipinski definition) is 3. The number of nitrogens with one attached hydrogen (secondary N) is 1. The lowest BCUT2D eigenvalue weighted by Gasteiger charge is -2.30. The van der Waals surface area contributed by atoms with Crippen molar-refractivity contribution in [1.29, 1.82) is 0 Å². The van der Waals surface area contributed by atoms with Crippen molar-refractivity contribution in [2.24, 2.45) is 5.92 Å². The normalized spacial score (nSPS) is 19.1. The number of amides is 2. The van der Waals surface area contributed by atoms with Crippen LogP contribution in [0.5, 0.6) is 0 Å². The molecule has 1 aromatic carbocycles. The maximum Gasteiger partial charge on any atom is 0.253 e. The van der Waals surface area contributed by atoms with Gasteiger partial charge in [-0.1, -0.05) is 19.8 Å². The molecule has 26 heavy (non-hydrogen) atoms. The molecule has 0 radical (unpaired) electrons. The average molecular weight is 357 g/mol. The van der Waals surface area contributed by atoms with Gasteiger partial charge < -0.3 is 15.1 Å². The number of benzene rings is 1. The Hall–Kier alpha value is -2.04. The first kappa shape index (κ1) is 18.7. The van der Waals surface area contributed by atoms with Crippen LogP contribution in [0.3, 0.4) is 0 Å². The molecular formula is C21H31N3O2. The molecule has 0 atom stereocenters. The van der Waals surface area contributed by atoms with Crippen molar-refractivity contribution in [3.05, 3.63) is 29.8 Å². The molecule has 0 aromatic heterocycles. The van der Waals surface area contributed by atoms with Gasteiger partial charge in [0.05, 0.1) is 6.54 Å². The molecule has 5 nitrogen and oxygen atoms in total. The van der Waals surface area contributed by atoms with Crippen LogP contribution in [0.2, 0.25) is 0 Å². The fraction of sp³-hybridized carbons (Fsp3) is 0.619. The van der Waals surface area contributed by atoms with Gasteiger partial charge in [0, 0.05) is 37.4 Å². The highest BCUT2D eigenvalue weighted by atomic mass is 16.2. The third-order valence-electron chi connectivity index (χ3n) is 5.61. The fourth-order valence-electron chi connectivity index (χ4n) is 3.73. The molecule has 3 rings (SSSR count). The summed E-state index contributed by atoms with van der Waals surface area (Å²) in [7, 11) is 0. The standard InChI is InChI=1S/C21H31N3O2/c1-17-10-14-24(15-11-17)21(26)18-6-8-19(9-7-18)22-16-20(25)23-12-4-2-3-5-13-23/h6-9,17,22H,2-5,10-16H2,1H3. The second-order valence-corrected chi connectivity index (χ2v) is 7.70. The van der Waals surface area contributed by atoms with Crippen LogP contribution in [0.4, 0.5) is 5.69 Å². The first-order valence-electron chi connectivity index (χ1n) is 10.0. The number of anilines is 1. The van der Waals surface area contributed by atoms with Crippen molar-refractivity contribution in [3.63, 3.8) is 0 Å². The van der Waals surface area contributed by atoms with E-state index >= 15 is 0 Å². The van der Waals surface area contributed by atoms with Crippen molar-refractivity contribution in [1.82, 2.24) is 9.80 Å². The van der Waals surface area contributed by atoms with Crippen LogP contribution in [-0.2, 0) is 4.79 Å². The lowest BCUT2D eigenvalue weighted by molar-refractivity contribution is -0.129. The van der Waals surface area contributed by atoms with Gasteiger partial charge in [-0.3, -0.25) is 9.59 Å². The molecule has 0 bridgehead atoms. The van der Waals surface area contributed by atoms with Crippen molar-refractivity contribution < 1.29 is 9.59 Å². The Morgan fingerprint density at radius 3 is 2.15 bits per heavy atom. The summed E-state index contributed by atoms with van der Waals surface area (Å²) in [5.41, 5.74) is 1.61. The molecule has 2 saturated heterocycles. The minimum atomic E-state index is 0.115. The van der Waals surface area contributed by atoms with Crippen LogP contribution >= 0.6 is 0 Å². The summed E-state index contributed by atoms with van der Waals surface area (Å²) in [6.45, 7) is 6.02. The lowest BCUT2D eigenvalue weighted by atomic mass is 9.98. The number of hydrogen-bond donors (Lipinski definition) is 1. The summed E-state index contributed by atoms with van der Waals surface area (Å²) in [6, 6.07) is 7.52. The first-order valence-corrected chi connectivity index (χ1v) is 10.0. The first-order chi connectivity index (χ1) is 12.6. The van der Waals surface area contributed by atoms with E-state index in [1.54, 1.807) is 0 Å². The maximum atomic E-state index is 12.6. The summed E-state index contributed by atoms with van der Waals surface area (Å²) in [6.07, 6.45) is 6.84. The number of piperidine rings is 1. The highest BCUT2D eigenvalue weighted by molar-refractivity contribution is 5.94. The van der Waals surface area contributed by atoms with E-state index in [0.29, 0.717) is 12.5 Å². The number of likely N-dealkylation sites (tertiary alicyclic amines) is 2. The molecule has 0 aliphatic carbocycles. The summed E-state index contributed by atoms with van der Waals surface area (Å²) in [4.78, 5) is 28.8.